The predicted octanol–water partition coefficient (Wildman–Crippen LogP) is 1.43. The summed E-state index contributed by atoms with van der Waals surface area (Å²) in [5.74, 6) is 0. The topological polar surface area (TPSA) is 77.3 Å². The molecule has 0 aliphatic rings. The van der Waals surface area contributed by atoms with Crippen LogP contribution >= 0.6 is 0 Å². The fourth-order valence-corrected chi connectivity index (χ4v) is 0.760. The summed E-state index contributed by atoms with van der Waals surface area (Å²) in [6.45, 7) is 0. The monoisotopic (exact) mass is 240 g/mol. The van der Waals surface area contributed by atoms with E-state index < -0.39 is 0 Å². The van der Waals surface area contributed by atoms with E-state index in [4.69, 9.17) is 0 Å². The lowest BCUT2D eigenvalue weighted by atomic mass is 10.6. The highest BCUT2D eigenvalue weighted by Crippen LogP contribution is 1.68. The maximum atomic E-state index is 3.72. The van der Waals surface area contributed by atoms with Gasteiger partial charge in [0.05, 0.1) is 0 Å². The largest absolute Gasteiger partial charge is 0.262 e. The van der Waals surface area contributed by atoms with E-state index in [2.05, 4.69) is 30.1 Å². The fourth-order valence-electron chi connectivity index (χ4n) is 0.760. The first-order valence-corrected chi connectivity index (χ1v) is 5.12. The normalized spacial score (nSPS) is 8.00. The van der Waals surface area contributed by atoms with Gasteiger partial charge in [-0.15, -0.1) is 0 Å². The second kappa shape index (κ2) is 10.7. The molecule has 0 saturated heterocycles. The van der Waals surface area contributed by atoms with Gasteiger partial charge < -0.3 is 0 Å². The molecule has 0 saturated carbocycles. The SMILES string of the molecule is c1ccnnc1.c1cnccn1.c1cncnc1. The van der Waals surface area contributed by atoms with Gasteiger partial charge in [-0.2, -0.15) is 10.2 Å². The van der Waals surface area contributed by atoms with Crippen molar-refractivity contribution in [3.8, 4) is 0 Å². The van der Waals surface area contributed by atoms with Crippen LogP contribution in [0.15, 0.2) is 74.1 Å². The molecule has 90 valence electrons. The molecule has 0 unspecified atom stereocenters. The first-order valence-electron chi connectivity index (χ1n) is 5.12. The number of hydrogen-bond acceptors (Lipinski definition) is 6. The predicted molar refractivity (Wildman–Crippen MR) is 66.1 cm³/mol. The van der Waals surface area contributed by atoms with E-state index in [1.165, 1.54) is 6.33 Å². The zero-order valence-electron chi connectivity index (χ0n) is 9.61. The molecule has 3 heterocycles. The molecule has 0 amide bonds. The van der Waals surface area contributed by atoms with Gasteiger partial charge >= 0.3 is 0 Å². The van der Waals surface area contributed by atoms with Crippen molar-refractivity contribution < 1.29 is 0 Å². The third-order valence-corrected chi connectivity index (χ3v) is 1.44. The van der Waals surface area contributed by atoms with Crippen molar-refractivity contribution in [1.82, 2.24) is 30.1 Å². The molecule has 0 spiro atoms. The second-order valence-corrected chi connectivity index (χ2v) is 2.71. The number of hydrogen-bond donors (Lipinski definition) is 0. The molecule has 0 aliphatic heterocycles. The Morgan fingerprint density at radius 1 is 0.389 bits per heavy atom. The molecule has 0 fully saturated rings. The van der Waals surface area contributed by atoms with Crippen LogP contribution in [-0.2, 0) is 0 Å². The molecule has 0 atom stereocenters. The van der Waals surface area contributed by atoms with Crippen LogP contribution in [0, 0.1) is 0 Å². The Labute approximate surface area is 105 Å². The quantitative estimate of drug-likeness (QED) is 0.591. The minimum atomic E-state index is 1.50. The molecule has 18 heavy (non-hydrogen) atoms. The van der Waals surface area contributed by atoms with Crippen molar-refractivity contribution in [2.45, 2.75) is 0 Å². The van der Waals surface area contributed by atoms with Gasteiger partial charge in [0.2, 0.25) is 0 Å². The Hall–Kier alpha value is -2.76. The van der Waals surface area contributed by atoms with Crippen LogP contribution in [0.1, 0.15) is 0 Å². The average molecular weight is 240 g/mol. The summed E-state index contributed by atoms with van der Waals surface area (Å²) in [5.41, 5.74) is 0. The van der Waals surface area contributed by atoms with E-state index in [-0.39, 0.29) is 0 Å². The van der Waals surface area contributed by atoms with Crippen LogP contribution in [0.4, 0.5) is 0 Å². The standard InChI is InChI=1S/3C4H4N2/c1-2-6-4-3-5-1;1-2-5-4-6-3-1;1-2-4-6-5-3-1/h3*1-4H. The molecule has 3 aromatic heterocycles. The van der Waals surface area contributed by atoms with Crippen molar-refractivity contribution in [2.75, 3.05) is 0 Å². The summed E-state index contributed by atoms with van der Waals surface area (Å²) in [6, 6.07) is 5.43. The van der Waals surface area contributed by atoms with E-state index in [1.54, 1.807) is 55.6 Å². The van der Waals surface area contributed by atoms with Crippen molar-refractivity contribution in [1.29, 1.82) is 0 Å². The third-order valence-electron chi connectivity index (χ3n) is 1.44. The maximum Gasteiger partial charge on any atom is 0.115 e. The Kier molecular flexibility index (Phi) is 7.94. The van der Waals surface area contributed by atoms with Crippen LogP contribution in [0.5, 0.6) is 0 Å². The molecule has 0 N–H and O–H groups in total. The summed E-state index contributed by atoms with van der Waals surface area (Å²) in [4.78, 5) is 14.8. The summed E-state index contributed by atoms with van der Waals surface area (Å²) >= 11 is 0. The maximum absolute atomic E-state index is 3.72. The van der Waals surface area contributed by atoms with E-state index >= 15 is 0 Å². The lowest BCUT2D eigenvalue weighted by molar-refractivity contribution is 1.03. The number of aromatic nitrogens is 6. The van der Waals surface area contributed by atoms with Gasteiger partial charge in [0.25, 0.3) is 0 Å². The van der Waals surface area contributed by atoms with Crippen LogP contribution in [0.25, 0.3) is 0 Å². The molecule has 0 aromatic carbocycles. The molecule has 6 heteroatoms. The Morgan fingerprint density at radius 3 is 1.06 bits per heavy atom. The van der Waals surface area contributed by atoms with Crippen molar-refractivity contribution in [3.63, 3.8) is 0 Å². The van der Waals surface area contributed by atoms with Crippen LogP contribution in [-0.4, -0.2) is 30.1 Å². The average Bonchev–Trinajstić information content (AvgIpc) is 2.54. The van der Waals surface area contributed by atoms with Gasteiger partial charge in [-0.05, 0) is 18.2 Å². The Bertz CT molecular complexity index is 307. The molecule has 0 radical (unpaired) electrons. The smallest absolute Gasteiger partial charge is 0.115 e. The Balaban J connectivity index is 0.000000135. The summed E-state index contributed by atoms with van der Waals surface area (Å²) in [7, 11) is 0. The Morgan fingerprint density at radius 2 is 0.889 bits per heavy atom. The molecule has 6 nitrogen and oxygen atoms in total. The molecule has 3 rings (SSSR count). The number of rotatable bonds is 0. The van der Waals surface area contributed by atoms with Crippen LogP contribution in [0.2, 0.25) is 0 Å². The summed E-state index contributed by atoms with van der Waals surface area (Å²) in [6.07, 6.45) is 14.7. The summed E-state index contributed by atoms with van der Waals surface area (Å²) in [5, 5.41) is 7.07. The van der Waals surface area contributed by atoms with E-state index in [0.29, 0.717) is 0 Å². The van der Waals surface area contributed by atoms with E-state index in [1.807, 2.05) is 12.1 Å². The van der Waals surface area contributed by atoms with Crippen molar-refractivity contribution in [3.05, 3.63) is 74.1 Å². The highest BCUT2D eigenvalue weighted by Gasteiger charge is 1.60. The first-order chi connectivity index (χ1) is 9.00. The molecular formula is C12H12N6. The zero-order chi connectivity index (χ0) is 12.7. The molecule has 0 aliphatic carbocycles. The van der Waals surface area contributed by atoms with Crippen LogP contribution < -0.4 is 0 Å². The summed E-state index contributed by atoms with van der Waals surface area (Å²) < 4.78 is 0. The molecule has 0 bridgehead atoms. The highest BCUT2D eigenvalue weighted by atomic mass is 15.1. The molecule has 3 aromatic rings. The minimum Gasteiger partial charge on any atom is -0.262 e. The fraction of sp³-hybridized carbons (Fsp3) is 0. The second-order valence-electron chi connectivity index (χ2n) is 2.71. The van der Waals surface area contributed by atoms with Gasteiger partial charge in [0.15, 0.2) is 0 Å². The van der Waals surface area contributed by atoms with Crippen LogP contribution in [0.3, 0.4) is 0 Å². The minimum absolute atomic E-state index is 1.50. The van der Waals surface area contributed by atoms with Gasteiger partial charge in [-0.3, -0.25) is 9.97 Å². The first kappa shape index (κ1) is 13.3. The van der Waals surface area contributed by atoms with Gasteiger partial charge in [0.1, 0.15) is 6.33 Å². The van der Waals surface area contributed by atoms with E-state index in [9.17, 15) is 0 Å². The van der Waals surface area contributed by atoms with Crippen molar-refractivity contribution in [2.24, 2.45) is 0 Å². The number of nitrogens with zero attached hydrogens (tertiary/aromatic N) is 6. The van der Waals surface area contributed by atoms with E-state index in [0.717, 1.165) is 0 Å². The van der Waals surface area contributed by atoms with Gasteiger partial charge in [0, 0.05) is 49.6 Å². The lowest BCUT2D eigenvalue weighted by Crippen LogP contribution is -1.69. The molecular weight excluding hydrogens is 228 g/mol. The van der Waals surface area contributed by atoms with Gasteiger partial charge in [-0.1, -0.05) is 0 Å². The van der Waals surface area contributed by atoms with Crippen molar-refractivity contribution >= 4 is 0 Å². The zero-order valence-corrected chi connectivity index (χ0v) is 9.61. The third kappa shape index (κ3) is 8.54. The van der Waals surface area contributed by atoms with Gasteiger partial charge in [-0.25, -0.2) is 9.97 Å². The highest BCUT2D eigenvalue weighted by molar-refractivity contribution is 4.80. The lowest BCUT2D eigenvalue weighted by Gasteiger charge is -1.70.